The smallest absolute Gasteiger partial charge is 0.268 e. The van der Waals surface area contributed by atoms with Crippen molar-refractivity contribution >= 4 is 9.39 Å². The van der Waals surface area contributed by atoms with E-state index < -0.39 is 18.1 Å². The molecule has 1 N–H and O–H groups in total. The normalized spacial score (nSPS) is 31.6. The van der Waals surface area contributed by atoms with Crippen LogP contribution in [0, 0.1) is 5.92 Å². The quantitative estimate of drug-likeness (QED) is 0.541. The number of halogens is 2. The first-order chi connectivity index (χ1) is 5.97. The number of alkyl halides is 2. The summed E-state index contributed by atoms with van der Waals surface area (Å²) >= 11 is 0. The highest BCUT2D eigenvalue weighted by Crippen LogP contribution is 2.36. The molecule has 6 heteroatoms. The maximum absolute atomic E-state index is 13.3. The highest BCUT2D eigenvalue weighted by atomic mass is 31.0. The van der Waals surface area contributed by atoms with Gasteiger partial charge in [-0.05, 0) is 6.42 Å². The predicted molar refractivity (Wildman–Crippen MR) is 47.4 cm³/mol. The van der Waals surface area contributed by atoms with Gasteiger partial charge in [-0.1, -0.05) is 9.39 Å². The van der Waals surface area contributed by atoms with Gasteiger partial charge in [0, 0.05) is 13.7 Å². The summed E-state index contributed by atoms with van der Waals surface area (Å²) < 4.78 is 32.5. The first kappa shape index (κ1) is 11.2. The molecule has 1 rings (SSSR count). The van der Waals surface area contributed by atoms with Crippen molar-refractivity contribution in [2.45, 2.75) is 18.6 Å². The standard InChI is InChI=1S/C7H14F2NO2P/c1-12-6(11)5-2-3-10(13)4-7(5,8)9/h5-6,11H,2-4,13H2,1H3. The molecule has 13 heavy (non-hydrogen) atoms. The summed E-state index contributed by atoms with van der Waals surface area (Å²) in [5, 5.41) is 9.18. The first-order valence-electron chi connectivity index (χ1n) is 4.05. The summed E-state index contributed by atoms with van der Waals surface area (Å²) in [5.41, 5.74) is 0. The molecule has 0 spiro atoms. The molecule has 0 aromatic carbocycles. The fourth-order valence-electron chi connectivity index (χ4n) is 1.50. The Labute approximate surface area is 78.3 Å². The monoisotopic (exact) mass is 213 g/mol. The molecule has 0 bridgehead atoms. The summed E-state index contributed by atoms with van der Waals surface area (Å²) in [6, 6.07) is 0. The van der Waals surface area contributed by atoms with Crippen LogP contribution in [0.15, 0.2) is 0 Å². The number of ether oxygens (including phenoxy) is 1. The predicted octanol–water partition coefficient (Wildman–Crippen LogP) is 0.698. The van der Waals surface area contributed by atoms with E-state index in [1.807, 2.05) is 0 Å². The number of hydrogen-bond donors (Lipinski definition) is 1. The maximum Gasteiger partial charge on any atom is 0.268 e. The van der Waals surface area contributed by atoms with Crippen LogP contribution in [0.25, 0.3) is 0 Å². The SMILES string of the molecule is COC(O)C1CCN(P)CC1(F)F. The van der Waals surface area contributed by atoms with E-state index in [0.717, 1.165) is 0 Å². The third-order valence-electron chi connectivity index (χ3n) is 2.27. The van der Waals surface area contributed by atoms with Crippen LogP contribution < -0.4 is 0 Å². The van der Waals surface area contributed by atoms with Gasteiger partial charge in [0.15, 0.2) is 6.29 Å². The average Bonchev–Trinajstić information content (AvgIpc) is 2.01. The van der Waals surface area contributed by atoms with E-state index in [2.05, 4.69) is 14.1 Å². The van der Waals surface area contributed by atoms with Crippen LogP contribution in [0.1, 0.15) is 6.42 Å². The largest absolute Gasteiger partial charge is 0.368 e. The lowest BCUT2D eigenvalue weighted by Crippen LogP contribution is -2.49. The van der Waals surface area contributed by atoms with Crippen LogP contribution in [0.5, 0.6) is 0 Å². The highest BCUT2D eigenvalue weighted by Gasteiger charge is 2.47. The molecule has 0 aromatic rings. The zero-order chi connectivity index (χ0) is 10.1. The molecule has 1 saturated heterocycles. The molecule has 0 aromatic heterocycles. The van der Waals surface area contributed by atoms with Crippen molar-refractivity contribution in [3.05, 3.63) is 0 Å². The van der Waals surface area contributed by atoms with E-state index >= 15 is 0 Å². The van der Waals surface area contributed by atoms with Crippen molar-refractivity contribution in [1.29, 1.82) is 0 Å². The Hall–Kier alpha value is 0.170. The highest BCUT2D eigenvalue weighted by molar-refractivity contribution is 7.13. The van der Waals surface area contributed by atoms with Gasteiger partial charge >= 0.3 is 0 Å². The topological polar surface area (TPSA) is 32.7 Å². The zero-order valence-corrected chi connectivity index (χ0v) is 8.57. The van der Waals surface area contributed by atoms with Crippen molar-refractivity contribution in [2.75, 3.05) is 20.2 Å². The van der Waals surface area contributed by atoms with Gasteiger partial charge in [0.1, 0.15) is 0 Å². The molecule has 78 valence electrons. The van der Waals surface area contributed by atoms with E-state index in [0.29, 0.717) is 6.54 Å². The number of nitrogens with zero attached hydrogens (tertiary/aromatic N) is 1. The van der Waals surface area contributed by atoms with Gasteiger partial charge in [-0.2, -0.15) is 0 Å². The average molecular weight is 213 g/mol. The van der Waals surface area contributed by atoms with Gasteiger partial charge in [0.05, 0.1) is 12.5 Å². The molecule has 0 amide bonds. The second kappa shape index (κ2) is 4.13. The van der Waals surface area contributed by atoms with E-state index in [-0.39, 0.29) is 13.0 Å². The molecule has 3 unspecified atom stereocenters. The van der Waals surface area contributed by atoms with Crippen LogP contribution in [-0.4, -0.2) is 42.2 Å². The second-order valence-corrected chi connectivity index (χ2v) is 3.98. The molecular formula is C7H14F2NO2P. The molecule has 0 radical (unpaired) electrons. The van der Waals surface area contributed by atoms with Crippen LogP contribution in [0.3, 0.4) is 0 Å². The Morgan fingerprint density at radius 2 is 2.31 bits per heavy atom. The minimum atomic E-state index is -2.88. The minimum absolute atomic E-state index is 0.242. The van der Waals surface area contributed by atoms with Crippen molar-refractivity contribution in [1.82, 2.24) is 4.67 Å². The van der Waals surface area contributed by atoms with Gasteiger partial charge in [-0.15, -0.1) is 0 Å². The van der Waals surface area contributed by atoms with E-state index in [4.69, 9.17) is 0 Å². The Kier molecular flexibility index (Phi) is 3.57. The Morgan fingerprint density at radius 3 is 2.77 bits per heavy atom. The number of methoxy groups -OCH3 is 1. The maximum atomic E-state index is 13.3. The van der Waals surface area contributed by atoms with Crippen LogP contribution in [-0.2, 0) is 4.74 Å². The van der Waals surface area contributed by atoms with Gasteiger partial charge < -0.3 is 9.84 Å². The summed E-state index contributed by atoms with van der Waals surface area (Å²) in [4.78, 5) is 0. The minimum Gasteiger partial charge on any atom is -0.368 e. The molecule has 1 fully saturated rings. The van der Waals surface area contributed by atoms with Crippen molar-refractivity contribution in [3.8, 4) is 0 Å². The van der Waals surface area contributed by atoms with Crippen molar-refractivity contribution < 1.29 is 18.6 Å². The lowest BCUT2D eigenvalue weighted by atomic mass is 9.93. The number of rotatable bonds is 2. The van der Waals surface area contributed by atoms with Gasteiger partial charge in [-0.3, -0.25) is 4.67 Å². The Bertz CT molecular complexity index is 182. The molecule has 1 aliphatic rings. The van der Waals surface area contributed by atoms with Gasteiger partial charge in [0.25, 0.3) is 5.92 Å². The Balaban J connectivity index is 2.64. The van der Waals surface area contributed by atoms with Crippen molar-refractivity contribution in [2.24, 2.45) is 5.92 Å². The third-order valence-corrected chi connectivity index (χ3v) is 2.71. The summed E-state index contributed by atoms with van der Waals surface area (Å²) in [6.07, 6.45) is -1.13. The first-order valence-corrected chi connectivity index (χ1v) is 4.57. The summed E-state index contributed by atoms with van der Waals surface area (Å²) in [6.45, 7) is 0.189. The molecule has 1 aliphatic heterocycles. The van der Waals surface area contributed by atoms with Crippen LogP contribution in [0.2, 0.25) is 0 Å². The van der Waals surface area contributed by atoms with Crippen LogP contribution in [0.4, 0.5) is 8.78 Å². The van der Waals surface area contributed by atoms with Gasteiger partial charge in [-0.25, -0.2) is 8.78 Å². The molecule has 0 saturated carbocycles. The molecule has 1 heterocycles. The lowest BCUT2D eigenvalue weighted by molar-refractivity contribution is -0.204. The third kappa shape index (κ3) is 2.56. The number of aliphatic hydroxyl groups is 1. The lowest BCUT2D eigenvalue weighted by Gasteiger charge is -2.37. The summed E-state index contributed by atoms with van der Waals surface area (Å²) in [7, 11) is 3.47. The van der Waals surface area contributed by atoms with Gasteiger partial charge in [0.2, 0.25) is 0 Å². The number of piperidine rings is 1. The fraction of sp³-hybridized carbons (Fsp3) is 1.00. The van der Waals surface area contributed by atoms with Crippen LogP contribution >= 0.6 is 9.39 Å². The number of hydrogen-bond acceptors (Lipinski definition) is 3. The summed E-state index contributed by atoms with van der Waals surface area (Å²) in [5.74, 6) is -3.97. The van der Waals surface area contributed by atoms with E-state index in [9.17, 15) is 13.9 Å². The zero-order valence-electron chi connectivity index (χ0n) is 7.41. The van der Waals surface area contributed by atoms with Crippen molar-refractivity contribution in [3.63, 3.8) is 0 Å². The molecule has 3 nitrogen and oxygen atoms in total. The molecular weight excluding hydrogens is 199 g/mol. The van der Waals surface area contributed by atoms with E-state index in [1.165, 1.54) is 11.8 Å². The molecule has 0 aliphatic carbocycles. The molecule has 3 atom stereocenters. The van der Waals surface area contributed by atoms with E-state index in [1.54, 1.807) is 0 Å². The second-order valence-electron chi connectivity index (χ2n) is 3.25. The fourth-order valence-corrected chi connectivity index (χ4v) is 1.89. The Morgan fingerprint density at radius 1 is 1.69 bits per heavy atom. The number of aliphatic hydroxyl groups excluding tert-OH is 1.